The molecule has 0 aliphatic rings. The Kier molecular flexibility index (Phi) is 4.20. The number of nitrogens with zero attached hydrogens (tertiary/aromatic N) is 1. The first-order valence-electron chi connectivity index (χ1n) is 4.61. The molecule has 0 aromatic carbocycles. The third-order valence-electron chi connectivity index (χ3n) is 1.99. The fraction of sp³-hybridized carbons (Fsp3) is 0.400. The summed E-state index contributed by atoms with van der Waals surface area (Å²) in [5.41, 5.74) is 6.17. The van der Waals surface area contributed by atoms with Crippen LogP contribution in [0.1, 0.15) is 28.6 Å². The van der Waals surface area contributed by atoms with Crippen molar-refractivity contribution in [3.8, 4) is 0 Å². The number of carbonyl (C=O) groups is 1. The van der Waals surface area contributed by atoms with Crippen LogP contribution in [-0.2, 0) is 4.74 Å². The summed E-state index contributed by atoms with van der Waals surface area (Å²) in [5, 5.41) is 9.55. The predicted molar refractivity (Wildman–Crippen MR) is 54.2 cm³/mol. The number of pyridine rings is 1. The van der Waals surface area contributed by atoms with E-state index in [4.69, 9.17) is 5.73 Å². The highest BCUT2D eigenvalue weighted by Crippen LogP contribution is 2.13. The molecular weight excluding hydrogens is 196 g/mol. The van der Waals surface area contributed by atoms with E-state index in [0.29, 0.717) is 24.2 Å². The molecule has 0 bridgehead atoms. The Balaban J connectivity index is 2.76. The molecule has 5 heteroatoms. The van der Waals surface area contributed by atoms with E-state index in [1.807, 2.05) is 0 Å². The lowest BCUT2D eigenvalue weighted by Crippen LogP contribution is -2.09. The molecular formula is C10H14N2O3. The maximum absolute atomic E-state index is 11.1. The third kappa shape index (κ3) is 3.00. The van der Waals surface area contributed by atoms with Crippen LogP contribution in [0.3, 0.4) is 0 Å². The first-order valence-corrected chi connectivity index (χ1v) is 4.61. The molecule has 1 aromatic heterocycles. The average Bonchev–Trinajstić information content (AvgIpc) is 2.28. The first-order chi connectivity index (χ1) is 7.19. The molecule has 0 saturated carbocycles. The fourth-order valence-corrected chi connectivity index (χ4v) is 1.15. The van der Waals surface area contributed by atoms with Gasteiger partial charge in [-0.3, -0.25) is 4.98 Å². The van der Waals surface area contributed by atoms with E-state index >= 15 is 0 Å². The van der Waals surface area contributed by atoms with Gasteiger partial charge in [-0.15, -0.1) is 0 Å². The van der Waals surface area contributed by atoms with Crippen LogP contribution >= 0.6 is 0 Å². The van der Waals surface area contributed by atoms with Crippen molar-refractivity contribution in [2.75, 3.05) is 13.7 Å². The molecule has 1 atom stereocenters. The molecule has 0 aliphatic heterocycles. The summed E-state index contributed by atoms with van der Waals surface area (Å²) >= 11 is 0. The predicted octanol–water partition coefficient (Wildman–Crippen LogP) is 0.250. The number of aromatic nitrogens is 1. The van der Waals surface area contributed by atoms with Crippen LogP contribution < -0.4 is 5.73 Å². The summed E-state index contributed by atoms with van der Waals surface area (Å²) in [6, 6.07) is 3.15. The summed E-state index contributed by atoms with van der Waals surface area (Å²) in [6.07, 6.45) is 1.15. The molecule has 3 N–H and O–H groups in total. The van der Waals surface area contributed by atoms with E-state index in [9.17, 15) is 9.90 Å². The summed E-state index contributed by atoms with van der Waals surface area (Å²) in [4.78, 5) is 15.0. The van der Waals surface area contributed by atoms with Gasteiger partial charge in [0.25, 0.3) is 0 Å². The van der Waals surface area contributed by atoms with E-state index in [0.717, 1.165) is 0 Å². The zero-order chi connectivity index (χ0) is 11.3. The van der Waals surface area contributed by atoms with Gasteiger partial charge in [0.1, 0.15) is 0 Å². The molecule has 1 rings (SSSR count). The summed E-state index contributed by atoms with van der Waals surface area (Å²) in [7, 11) is 1.31. The lowest BCUT2D eigenvalue weighted by atomic mass is 10.1. The van der Waals surface area contributed by atoms with Crippen molar-refractivity contribution in [1.29, 1.82) is 0 Å². The molecule has 0 radical (unpaired) electrons. The Morgan fingerprint density at radius 1 is 1.67 bits per heavy atom. The number of nitrogens with two attached hydrogens (primary N) is 1. The van der Waals surface area contributed by atoms with Gasteiger partial charge in [0.2, 0.25) is 0 Å². The zero-order valence-electron chi connectivity index (χ0n) is 8.51. The Morgan fingerprint density at radius 2 is 2.40 bits per heavy atom. The maximum Gasteiger partial charge on any atom is 0.339 e. The molecule has 82 valence electrons. The summed E-state index contributed by atoms with van der Waals surface area (Å²) in [6.45, 7) is 0.390. The summed E-state index contributed by atoms with van der Waals surface area (Å²) in [5.74, 6) is -0.442. The van der Waals surface area contributed by atoms with Gasteiger partial charge < -0.3 is 15.6 Å². The van der Waals surface area contributed by atoms with Crippen LogP contribution in [0.4, 0.5) is 0 Å². The van der Waals surface area contributed by atoms with Crippen molar-refractivity contribution in [3.05, 3.63) is 29.6 Å². The molecule has 0 saturated heterocycles. The molecule has 1 aromatic rings. The first kappa shape index (κ1) is 11.6. The molecule has 5 nitrogen and oxygen atoms in total. The van der Waals surface area contributed by atoms with Crippen LogP contribution in [0.5, 0.6) is 0 Å². The highest BCUT2D eigenvalue weighted by molar-refractivity contribution is 5.88. The number of aliphatic hydroxyl groups is 1. The van der Waals surface area contributed by atoms with Gasteiger partial charge in [0.15, 0.2) is 0 Å². The SMILES string of the molecule is COC(=O)c1ccc([C@H](O)CCN)nc1. The van der Waals surface area contributed by atoms with Crippen LogP contribution in [0, 0.1) is 0 Å². The third-order valence-corrected chi connectivity index (χ3v) is 1.99. The van der Waals surface area contributed by atoms with Crippen molar-refractivity contribution in [3.63, 3.8) is 0 Å². The number of esters is 1. The van der Waals surface area contributed by atoms with Gasteiger partial charge in [-0.25, -0.2) is 4.79 Å². The van der Waals surface area contributed by atoms with Crippen molar-refractivity contribution >= 4 is 5.97 Å². The van der Waals surface area contributed by atoms with Crippen LogP contribution in [0.15, 0.2) is 18.3 Å². The van der Waals surface area contributed by atoms with Crippen molar-refractivity contribution in [1.82, 2.24) is 4.98 Å². The van der Waals surface area contributed by atoms with Crippen molar-refractivity contribution < 1.29 is 14.6 Å². The van der Waals surface area contributed by atoms with Crippen LogP contribution in [-0.4, -0.2) is 29.7 Å². The lowest BCUT2D eigenvalue weighted by Gasteiger charge is -2.08. The number of hydrogen-bond acceptors (Lipinski definition) is 5. The average molecular weight is 210 g/mol. The number of rotatable bonds is 4. The standard InChI is InChI=1S/C10H14N2O3/c1-15-10(14)7-2-3-8(12-6-7)9(13)4-5-11/h2-3,6,9,13H,4-5,11H2,1H3/t9-/m1/s1. The highest BCUT2D eigenvalue weighted by atomic mass is 16.5. The van der Waals surface area contributed by atoms with Crippen molar-refractivity contribution in [2.45, 2.75) is 12.5 Å². The second-order valence-electron chi connectivity index (χ2n) is 3.06. The monoisotopic (exact) mass is 210 g/mol. The smallest absolute Gasteiger partial charge is 0.339 e. The Bertz CT molecular complexity index is 324. The number of aliphatic hydroxyl groups excluding tert-OH is 1. The molecule has 0 aliphatic carbocycles. The van der Waals surface area contributed by atoms with Crippen LogP contribution in [0.2, 0.25) is 0 Å². The minimum atomic E-state index is -0.679. The quantitative estimate of drug-likeness (QED) is 0.696. The Morgan fingerprint density at radius 3 is 2.87 bits per heavy atom. The Labute approximate surface area is 87.9 Å². The van der Waals surface area contributed by atoms with Gasteiger partial charge >= 0.3 is 5.97 Å². The highest BCUT2D eigenvalue weighted by Gasteiger charge is 2.10. The topological polar surface area (TPSA) is 85.4 Å². The van der Waals surface area contributed by atoms with E-state index in [2.05, 4.69) is 9.72 Å². The van der Waals surface area contributed by atoms with Gasteiger partial charge in [-0.05, 0) is 25.1 Å². The largest absolute Gasteiger partial charge is 0.465 e. The fourth-order valence-electron chi connectivity index (χ4n) is 1.15. The number of carbonyl (C=O) groups excluding carboxylic acids is 1. The Hall–Kier alpha value is -1.46. The second-order valence-corrected chi connectivity index (χ2v) is 3.06. The van der Waals surface area contributed by atoms with E-state index in [-0.39, 0.29) is 0 Å². The lowest BCUT2D eigenvalue weighted by molar-refractivity contribution is 0.0600. The minimum Gasteiger partial charge on any atom is -0.465 e. The van der Waals surface area contributed by atoms with Gasteiger partial charge in [-0.2, -0.15) is 0 Å². The normalized spacial score (nSPS) is 12.2. The molecule has 1 heterocycles. The van der Waals surface area contributed by atoms with Gasteiger partial charge in [0, 0.05) is 6.20 Å². The molecule has 0 amide bonds. The molecule has 0 fully saturated rings. The number of methoxy groups -OCH3 is 1. The van der Waals surface area contributed by atoms with Gasteiger partial charge in [0.05, 0.1) is 24.5 Å². The van der Waals surface area contributed by atoms with Crippen LogP contribution in [0.25, 0.3) is 0 Å². The van der Waals surface area contributed by atoms with Crippen molar-refractivity contribution in [2.24, 2.45) is 5.73 Å². The maximum atomic E-state index is 11.1. The number of hydrogen-bond donors (Lipinski definition) is 2. The van der Waals surface area contributed by atoms with E-state index in [1.165, 1.54) is 13.3 Å². The summed E-state index contributed by atoms with van der Waals surface area (Å²) < 4.78 is 4.52. The minimum absolute atomic E-state index is 0.362. The van der Waals surface area contributed by atoms with Gasteiger partial charge in [-0.1, -0.05) is 0 Å². The molecule has 0 spiro atoms. The zero-order valence-corrected chi connectivity index (χ0v) is 8.51. The second kappa shape index (κ2) is 5.43. The molecule has 0 unspecified atom stereocenters. The van der Waals surface area contributed by atoms with E-state index < -0.39 is 12.1 Å². The molecule has 15 heavy (non-hydrogen) atoms. The number of ether oxygens (including phenoxy) is 1. The van der Waals surface area contributed by atoms with E-state index in [1.54, 1.807) is 12.1 Å².